The highest BCUT2D eigenvalue weighted by Crippen LogP contribution is 2.18. The molecule has 0 saturated carbocycles. The summed E-state index contributed by atoms with van der Waals surface area (Å²) in [4.78, 5) is 19.0. The highest BCUT2D eigenvalue weighted by atomic mass is 19.1. The fraction of sp³-hybridized carbons (Fsp3) is 0.238. The average molecular weight is 347 g/mol. The Morgan fingerprint density at radius 2 is 1.96 bits per heavy atom. The van der Waals surface area contributed by atoms with E-state index in [0.717, 1.165) is 37.1 Å². The van der Waals surface area contributed by atoms with Gasteiger partial charge in [0.15, 0.2) is 0 Å². The van der Waals surface area contributed by atoms with Gasteiger partial charge in [-0.25, -0.2) is 9.37 Å². The second-order valence-electron chi connectivity index (χ2n) is 6.51. The summed E-state index contributed by atoms with van der Waals surface area (Å²) in [5, 5.41) is 0. The van der Waals surface area contributed by atoms with Crippen LogP contribution in [0.2, 0.25) is 0 Å². The summed E-state index contributed by atoms with van der Waals surface area (Å²) in [7, 11) is 0. The van der Waals surface area contributed by atoms with Crippen molar-refractivity contribution in [2.45, 2.75) is 19.8 Å². The molecule has 4 rings (SSSR count). The number of fused-ring (bicyclic) bond motifs is 1. The Balaban J connectivity index is 1.74. The van der Waals surface area contributed by atoms with E-state index in [2.05, 4.69) is 16.8 Å². The van der Waals surface area contributed by atoms with Crippen LogP contribution in [-0.2, 0) is 0 Å². The number of halogens is 1. The van der Waals surface area contributed by atoms with Gasteiger partial charge >= 0.3 is 0 Å². The number of likely N-dealkylation sites (tertiary alicyclic amines) is 1. The third-order valence-corrected chi connectivity index (χ3v) is 4.50. The normalized spacial score (nSPS) is 13.7. The Labute approximate surface area is 151 Å². The Kier molecular flexibility index (Phi) is 4.18. The van der Waals surface area contributed by atoms with Crippen LogP contribution in [0.1, 0.15) is 40.2 Å². The summed E-state index contributed by atoms with van der Waals surface area (Å²) in [6.45, 7) is 3.51. The molecule has 1 amide bonds. The lowest BCUT2D eigenvalue weighted by Crippen LogP contribution is -2.27. The van der Waals surface area contributed by atoms with Crippen molar-refractivity contribution in [1.82, 2.24) is 14.3 Å². The lowest BCUT2D eigenvalue weighted by atomic mass is 10.2. The Bertz CT molecular complexity index is 1050. The van der Waals surface area contributed by atoms with E-state index in [1.165, 1.54) is 12.1 Å². The van der Waals surface area contributed by atoms with Crippen LogP contribution in [0.25, 0.3) is 5.52 Å². The van der Waals surface area contributed by atoms with Crippen LogP contribution in [0, 0.1) is 24.6 Å². The van der Waals surface area contributed by atoms with E-state index in [1.807, 2.05) is 34.7 Å². The second kappa shape index (κ2) is 6.64. The fourth-order valence-electron chi connectivity index (χ4n) is 3.25. The zero-order valence-corrected chi connectivity index (χ0v) is 14.5. The monoisotopic (exact) mass is 347 g/mol. The summed E-state index contributed by atoms with van der Waals surface area (Å²) in [5.41, 5.74) is 3.40. The van der Waals surface area contributed by atoms with Crippen LogP contribution < -0.4 is 0 Å². The summed E-state index contributed by atoms with van der Waals surface area (Å²) >= 11 is 0. The third-order valence-electron chi connectivity index (χ3n) is 4.50. The zero-order valence-electron chi connectivity index (χ0n) is 14.5. The maximum Gasteiger partial charge on any atom is 0.255 e. The number of benzene rings is 1. The predicted molar refractivity (Wildman–Crippen MR) is 97.4 cm³/mol. The SMILES string of the molecule is Cc1cn2cc(C(=O)N3CCCC3)cc2c(C#Cc2cccc(F)c2)n1. The minimum absolute atomic E-state index is 0.0490. The van der Waals surface area contributed by atoms with Gasteiger partial charge in [-0.2, -0.15) is 0 Å². The molecule has 1 aliphatic heterocycles. The van der Waals surface area contributed by atoms with Crippen molar-refractivity contribution in [2.24, 2.45) is 0 Å². The molecule has 26 heavy (non-hydrogen) atoms. The molecule has 0 aliphatic carbocycles. The summed E-state index contributed by atoms with van der Waals surface area (Å²) in [6, 6.07) is 7.99. The number of aromatic nitrogens is 2. The van der Waals surface area contributed by atoms with E-state index in [4.69, 9.17) is 0 Å². The topological polar surface area (TPSA) is 37.6 Å². The summed E-state index contributed by atoms with van der Waals surface area (Å²) in [5.74, 6) is 5.70. The molecule has 1 aromatic carbocycles. The van der Waals surface area contributed by atoms with Gasteiger partial charge in [-0.05, 0) is 50.0 Å². The van der Waals surface area contributed by atoms with Gasteiger partial charge in [-0.3, -0.25) is 4.79 Å². The smallest absolute Gasteiger partial charge is 0.255 e. The molecule has 0 spiro atoms. The molecule has 2 aromatic heterocycles. The third kappa shape index (κ3) is 3.18. The number of aryl methyl sites for hydroxylation is 1. The largest absolute Gasteiger partial charge is 0.339 e. The van der Waals surface area contributed by atoms with E-state index in [0.29, 0.717) is 16.8 Å². The highest BCUT2D eigenvalue weighted by molar-refractivity contribution is 5.96. The van der Waals surface area contributed by atoms with Crippen molar-refractivity contribution >= 4 is 11.4 Å². The molecule has 5 heteroatoms. The number of carbonyl (C=O) groups is 1. The first-order valence-corrected chi connectivity index (χ1v) is 8.66. The molecular weight excluding hydrogens is 329 g/mol. The number of hydrogen-bond donors (Lipinski definition) is 0. The second-order valence-corrected chi connectivity index (χ2v) is 6.51. The molecular formula is C21H18FN3O. The van der Waals surface area contributed by atoms with Crippen molar-refractivity contribution in [3.63, 3.8) is 0 Å². The molecule has 0 N–H and O–H groups in total. The maximum atomic E-state index is 13.3. The molecule has 4 nitrogen and oxygen atoms in total. The molecule has 0 radical (unpaired) electrons. The van der Waals surface area contributed by atoms with Gasteiger partial charge in [-0.1, -0.05) is 12.0 Å². The van der Waals surface area contributed by atoms with Gasteiger partial charge in [0.2, 0.25) is 0 Å². The standard InChI is InChI=1S/C21H18FN3O/c1-15-13-25-14-17(21(26)24-9-2-3-10-24)12-20(25)19(23-15)8-7-16-5-4-6-18(22)11-16/h4-6,11-14H,2-3,9-10H2,1H3. The van der Waals surface area contributed by atoms with Gasteiger partial charge in [-0.15, -0.1) is 0 Å². The summed E-state index contributed by atoms with van der Waals surface area (Å²) < 4.78 is 15.2. The van der Waals surface area contributed by atoms with Gasteiger partial charge < -0.3 is 9.30 Å². The van der Waals surface area contributed by atoms with E-state index < -0.39 is 0 Å². The Morgan fingerprint density at radius 3 is 2.73 bits per heavy atom. The van der Waals surface area contributed by atoms with Crippen molar-refractivity contribution in [3.8, 4) is 11.8 Å². The number of hydrogen-bond acceptors (Lipinski definition) is 2. The number of amides is 1. The van der Waals surface area contributed by atoms with E-state index in [-0.39, 0.29) is 11.7 Å². The molecule has 1 fully saturated rings. The molecule has 130 valence electrons. The van der Waals surface area contributed by atoms with Crippen molar-refractivity contribution in [3.05, 3.63) is 71.1 Å². The molecule has 0 bridgehead atoms. The number of nitrogens with zero attached hydrogens (tertiary/aromatic N) is 3. The quantitative estimate of drug-likeness (QED) is 0.633. The van der Waals surface area contributed by atoms with Crippen LogP contribution in [-0.4, -0.2) is 33.3 Å². The molecule has 0 unspecified atom stereocenters. The number of carbonyl (C=O) groups excluding carboxylic acids is 1. The van der Waals surface area contributed by atoms with Crippen LogP contribution in [0.3, 0.4) is 0 Å². The Morgan fingerprint density at radius 1 is 1.15 bits per heavy atom. The van der Waals surface area contributed by atoms with E-state index in [9.17, 15) is 9.18 Å². The maximum absolute atomic E-state index is 13.3. The molecule has 3 heterocycles. The molecule has 0 atom stereocenters. The van der Waals surface area contributed by atoms with E-state index >= 15 is 0 Å². The molecule has 3 aromatic rings. The van der Waals surface area contributed by atoms with Gasteiger partial charge in [0.25, 0.3) is 5.91 Å². The predicted octanol–water partition coefficient (Wildman–Crippen LogP) is 3.42. The van der Waals surface area contributed by atoms with Crippen LogP contribution in [0.5, 0.6) is 0 Å². The van der Waals surface area contributed by atoms with Crippen molar-refractivity contribution in [2.75, 3.05) is 13.1 Å². The first-order chi connectivity index (χ1) is 12.6. The molecule has 1 aliphatic rings. The Hall–Kier alpha value is -3.13. The van der Waals surface area contributed by atoms with Crippen LogP contribution in [0.4, 0.5) is 4.39 Å². The number of rotatable bonds is 1. The molecule has 1 saturated heterocycles. The van der Waals surface area contributed by atoms with Crippen LogP contribution >= 0.6 is 0 Å². The highest BCUT2D eigenvalue weighted by Gasteiger charge is 2.21. The first kappa shape index (κ1) is 16.3. The van der Waals surface area contributed by atoms with Gasteiger partial charge in [0, 0.05) is 31.0 Å². The lowest BCUT2D eigenvalue weighted by Gasteiger charge is -2.13. The van der Waals surface area contributed by atoms with Crippen molar-refractivity contribution < 1.29 is 9.18 Å². The average Bonchev–Trinajstić information content (AvgIpc) is 3.28. The minimum atomic E-state index is -0.319. The minimum Gasteiger partial charge on any atom is -0.339 e. The fourth-order valence-corrected chi connectivity index (χ4v) is 3.25. The first-order valence-electron chi connectivity index (χ1n) is 8.66. The van der Waals surface area contributed by atoms with Crippen LogP contribution in [0.15, 0.2) is 42.7 Å². The van der Waals surface area contributed by atoms with Crippen molar-refractivity contribution in [1.29, 1.82) is 0 Å². The lowest BCUT2D eigenvalue weighted by molar-refractivity contribution is 0.0793. The summed E-state index contributed by atoms with van der Waals surface area (Å²) in [6.07, 6.45) is 5.83. The van der Waals surface area contributed by atoms with Gasteiger partial charge in [0.05, 0.1) is 16.8 Å². The zero-order chi connectivity index (χ0) is 18.1. The van der Waals surface area contributed by atoms with Gasteiger partial charge in [0.1, 0.15) is 11.5 Å². The van der Waals surface area contributed by atoms with E-state index in [1.54, 1.807) is 12.1 Å².